The summed E-state index contributed by atoms with van der Waals surface area (Å²) in [7, 11) is -2.75. The highest BCUT2D eigenvalue weighted by molar-refractivity contribution is 7.92. The molecule has 2 aromatic rings. The topological polar surface area (TPSA) is 82.1 Å². The van der Waals surface area contributed by atoms with Crippen molar-refractivity contribution in [3.8, 4) is 11.5 Å². The van der Waals surface area contributed by atoms with Gasteiger partial charge in [-0.1, -0.05) is 17.7 Å². The van der Waals surface area contributed by atoms with Crippen LogP contribution in [0.2, 0.25) is 0 Å². The summed E-state index contributed by atoms with van der Waals surface area (Å²) in [6, 6.07) is 11.1. The lowest BCUT2D eigenvalue weighted by molar-refractivity contribution is -0.138. The molecule has 7 nitrogen and oxygen atoms in total. The van der Waals surface area contributed by atoms with Crippen LogP contribution in [0.5, 0.6) is 11.5 Å². The molecule has 0 unspecified atom stereocenters. The lowest BCUT2D eigenvalue weighted by atomic mass is 10.2. The molecule has 1 heterocycles. The Labute approximate surface area is 145 Å². The number of esters is 1. The summed E-state index contributed by atoms with van der Waals surface area (Å²) in [6.07, 6.45) is 0. The third-order valence-electron chi connectivity index (χ3n) is 3.75. The van der Waals surface area contributed by atoms with Gasteiger partial charge in [-0.2, -0.15) is 0 Å². The van der Waals surface area contributed by atoms with Crippen molar-refractivity contribution >= 4 is 21.7 Å². The van der Waals surface area contributed by atoms with Crippen molar-refractivity contribution < 1.29 is 27.4 Å². The Morgan fingerprint density at radius 3 is 2.48 bits per heavy atom. The maximum absolute atomic E-state index is 13.0. The fraction of sp³-hybridized carbons (Fsp3) is 0.235. The zero-order valence-electron chi connectivity index (χ0n) is 13.8. The SMILES string of the molecule is COC(=O)CN(c1ccc2c(c1)OCO2)S(=O)(=O)c1ccc(C)cc1. The number of anilines is 1. The van der Waals surface area contributed by atoms with Gasteiger partial charge in [-0.25, -0.2) is 8.42 Å². The number of carbonyl (C=O) groups is 1. The first kappa shape index (κ1) is 17.1. The molecule has 132 valence electrons. The number of aryl methyl sites for hydroxylation is 1. The highest BCUT2D eigenvalue weighted by Gasteiger charge is 2.29. The average molecular weight is 363 g/mol. The molecule has 0 spiro atoms. The maximum atomic E-state index is 13.0. The number of sulfonamides is 1. The van der Waals surface area contributed by atoms with E-state index in [0.717, 1.165) is 9.87 Å². The minimum atomic E-state index is -3.96. The van der Waals surface area contributed by atoms with Crippen LogP contribution in [0.3, 0.4) is 0 Å². The maximum Gasteiger partial charge on any atom is 0.326 e. The summed E-state index contributed by atoms with van der Waals surface area (Å²) in [5.74, 6) is 0.273. The van der Waals surface area contributed by atoms with Crippen LogP contribution in [-0.4, -0.2) is 34.8 Å². The van der Waals surface area contributed by atoms with Crippen LogP contribution in [0.1, 0.15) is 5.56 Å². The van der Waals surface area contributed by atoms with E-state index in [1.165, 1.54) is 25.3 Å². The van der Waals surface area contributed by atoms with Gasteiger partial charge in [-0.15, -0.1) is 0 Å². The number of ether oxygens (including phenoxy) is 3. The Kier molecular flexibility index (Phi) is 4.54. The summed E-state index contributed by atoms with van der Waals surface area (Å²) < 4.78 is 42.3. The molecule has 0 atom stereocenters. The summed E-state index contributed by atoms with van der Waals surface area (Å²) >= 11 is 0. The van der Waals surface area contributed by atoms with Crippen molar-refractivity contribution in [1.29, 1.82) is 0 Å². The summed E-state index contributed by atoms with van der Waals surface area (Å²) in [4.78, 5) is 11.9. The highest BCUT2D eigenvalue weighted by atomic mass is 32.2. The van der Waals surface area contributed by atoms with Gasteiger partial charge in [0.05, 0.1) is 17.7 Å². The first-order valence-corrected chi connectivity index (χ1v) is 8.91. The zero-order valence-corrected chi connectivity index (χ0v) is 14.6. The Hall–Kier alpha value is -2.74. The third-order valence-corrected chi connectivity index (χ3v) is 5.54. The van der Waals surface area contributed by atoms with Gasteiger partial charge in [0.15, 0.2) is 11.5 Å². The molecule has 1 aliphatic rings. The number of methoxy groups -OCH3 is 1. The van der Waals surface area contributed by atoms with Crippen LogP contribution in [-0.2, 0) is 19.6 Å². The number of benzene rings is 2. The second kappa shape index (κ2) is 6.64. The van der Waals surface area contributed by atoms with Gasteiger partial charge in [0, 0.05) is 6.07 Å². The van der Waals surface area contributed by atoms with E-state index in [4.69, 9.17) is 9.47 Å². The second-order valence-electron chi connectivity index (χ2n) is 5.44. The Morgan fingerprint density at radius 1 is 1.12 bits per heavy atom. The Balaban J connectivity index is 2.05. The van der Waals surface area contributed by atoms with Gasteiger partial charge in [0.2, 0.25) is 6.79 Å². The van der Waals surface area contributed by atoms with Gasteiger partial charge in [-0.05, 0) is 31.2 Å². The van der Waals surface area contributed by atoms with Crippen LogP contribution in [0.25, 0.3) is 0 Å². The molecule has 0 saturated heterocycles. The molecule has 0 radical (unpaired) electrons. The van der Waals surface area contributed by atoms with E-state index >= 15 is 0 Å². The third kappa shape index (κ3) is 3.39. The molecule has 8 heteroatoms. The Morgan fingerprint density at radius 2 is 1.80 bits per heavy atom. The van der Waals surface area contributed by atoms with Crippen molar-refractivity contribution in [3.63, 3.8) is 0 Å². The van der Waals surface area contributed by atoms with Gasteiger partial charge >= 0.3 is 5.97 Å². The van der Waals surface area contributed by atoms with E-state index in [1.807, 2.05) is 6.92 Å². The van der Waals surface area contributed by atoms with E-state index in [-0.39, 0.29) is 17.4 Å². The van der Waals surface area contributed by atoms with Crippen molar-refractivity contribution in [1.82, 2.24) is 0 Å². The normalized spacial score (nSPS) is 12.7. The molecule has 0 amide bonds. The highest BCUT2D eigenvalue weighted by Crippen LogP contribution is 2.37. The largest absolute Gasteiger partial charge is 0.468 e. The van der Waals surface area contributed by atoms with Crippen LogP contribution in [0, 0.1) is 6.92 Å². The molecule has 0 aliphatic carbocycles. The van der Waals surface area contributed by atoms with Gasteiger partial charge in [0.25, 0.3) is 10.0 Å². The molecule has 0 saturated carbocycles. The fourth-order valence-corrected chi connectivity index (χ4v) is 3.78. The number of fused-ring (bicyclic) bond motifs is 1. The fourth-order valence-electron chi connectivity index (χ4n) is 2.37. The first-order valence-electron chi connectivity index (χ1n) is 7.47. The molecule has 0 bridgehead atoms. The molecular weight excluding hydrogens is 346 g/mol. The smallest absolute Gasteiger partial charge is 0.326 e. The van der Waals surface area contributed by atoms with Gasteiger partial charge in [-0.3, -0.25) is 9.10 Å². The van der Waals surface area contributed by atoms with E-state index < -0.39 is 22.5 Å². The van der Waals surface area contributed by atoms with Gasteiger partial charge < -0.3 is 14.2 Å². The standard InChI is InChI=1S/C17H17NO6S/c1-12-3-6-14(7-4-12)25(20,21)18(10-17(19)22-2)13-5-8-15-16(9-13)24-11-23-15/h3-9H,10-11H2,1-2H3. The molecule has 25 heavy (non-hydrogen) atoms. The second-order valence-corrected chi connectivity index (χ2v) is 7.30. The van der Waals surface area contributed by atoms with Crippen molar-refractivity contribution in [2.75, 3.05) is 24.8 Å². The summed E-state index contributed by atoms with van der Waals surface area (Å²) in [5.41, 5.74) is 1.22. The van der Waals surface area contributed by atoms with Crippen molar-refractivity contribution in [2.24, 2.45) is 0 Å². The minimum absolute atomic E-state index is 0.0699. The number of carbonyl (C=O) groups excluding carboxylic acids is 1. The van der Waals surface area contributed by atoms with E-state index in [9.17, 15) is 13.2 Å². The number of nitrogens with zero attached hydrogens (tertiary/aromatic N) is 1. The van der Waals surface area contributed by atoms with Crippen LogP contribution in [0.15, 0.2) is 47.4 Å². The molecule has 2 aromatic carbocycles. The Bertz CT molecular complexity index is 892. The van der Waals surface area contributed by atoms with Crippen molar-refractivity contribution in [2.45, 2.75) is 11.8 Å². The first-order chi connectivity index (χ1) is 11.9. The van der Waals surface area contributed by atoms with E-state index in [2.05, 4.69) is 4.74 Å². The predicted octanol–water partition coefficient (Wildman–Crippen LogP) is 2.09. The zero-order chi connectivity index (χ0) is 18.0. The molecular formula is C17H17NO6S. The average Bonchev–Trinajstić information content (AvgIpc) is 3.07. The number of hydrogen-bond donors (Lipinski definition) is 0. The molecule has 0 fully saturated rings. The lowest BCUT2D eigenvalue weighted by Crippen LogP contribution is -2.36. The van der Waals surface area contributed by atoms with Crippen LogP contribution in [0.4, 0.5) is 5.69 Å². The predicted molar refractivity (Wildman–Crippen MR) is 90.3 cm³/mol. The number of rotatable bonds is 5. The summed E-state index contributed by atoms with van der Waals surface area (Å²) in [6.45, 7) is 1.48. The van der Waals surface area contributed by atoms with Crippen molar-refractivity contribution in [3.05, 3.63) is 48.0 Å². The lowest BCUT2D eigenvalue weighted by Gasteiger charge is -2.23. The molecule has 3 rings (SSSR count). The van der Waals surface area contributed by atoms with E-state index in [0.29, 0.717) is 11.5 Å². The van der Waals surface area contributed by atoms with Crippen LogP contribution < -0.4 is 13.8 Å². The minimum Gasteiger partial charge on any atom is -0.468 e. The summed E-state index contributed by atoms with van der Waals surface area (Å²) in [5, 5.41) is 0. The van der Waals surface area contributed by atoms with E-state index in [1.54, 1.807) is 24.3 Å². The number of hydrogen-bond acceptors (Lipinski definition) is 6. The quantitative estimate of drug-likeness (QED) is 0.757. The van der Waals surface area contributed by atoms with Gasteiger partial charge in [0.1, 0.15) is 6.54 Å². The molecule has 0 aromatic heterocycles. The molecule has 0 N–H and O–H groups in total. The molecule has 1 aliphatic heterocycles. The monoisotopic (exact) mass is 363 g/mol. The van der Waals surface area contributed by atoms with Crippen LogP contribution >= 0.6 is 0 Å².